The number of H-pyrrole nitrogens is 1. The summed E-state index contributed by atoms with van der Waals surface area (Å²) < 4.78 is 2.44. The van der Waals surface area contributed by atoms with Crippen LogP contribution >= 0.6 is 0 Å². The maximum atomic E-state index is 3.39. The van der Waals surface area contributed by atoms with Gasteiger partial charge in [0.15, 0.2) is 0 Å². The van der Waals surface area contributed by atoms with Gasteiger partial charge in [0.2, 0.25) is 0 Å². The van der Waals surface area contributed by atoms with Gasteiger partial charge in [-0.25, -0.2) is 0 Å². The van der Waals surface area contributed by atoms with Crippen LogP contribution in [0.2, 0.25) is 0 Å². The fourth-order valence-corrected chi connectivity index (χ4v) is 4.75. The highest BCUT2D eigenvalue weighted by Gasteiger charge is 2.14. The fraction of sp³-hybridized carbons (Fsp3) is 0.360. The molecule has 2 aromatic carbocycles. The standard InChI is InChI=1S/C25H29N3/c1-5-15-27(16-6-1)24-12-8-13-25-22(24)14-18-28(25)17-7-4-9-20-19-26-23-11-3-2-10-21(20)23/h2-3,8,10-14,18-19,26H,1,4-7,9,15-17H2. The van der Waals surface area contributed by atoms with Crippen LogP contribution in [0.25, 0.3) is 21.8 Å². The van der Waals surface area contributed by atoms with Crippen LogP contribution in [0.1, 0.15) is 37.7 Å². The number of hydrogen-bond acceptors (Lipinski definition) is 1. The third-order valence-corrected chi connectivity index (χ3v) is 6.26. The molecule has 3 heterocycles. The highest BCUT2D eigenvalue weighted by atomic mass is 15.1. The Morgan fingerprint density at radius 3 is 2.64 bits per heavy atom. The normalized spacial score (nSPS) is 14.9. The lowest BCUT2D eigenvalue weighted by atomic mass is 10.1. The molecule has 1 aliphatic rings. The molecule has 0 spiro atoms. The maximum absolute atomic E-state index is 3.39. The second-order valence-corrected chi connectivity index (χ2v) is 8.08. The average molecular weight is 372 g/mol. The number of nitrogens with one attached hydrogen (secondary N) is 1. The highest BCUT2D eigenvalue weighted by molar-refractivity contribution is 5.93. The van der Waals surface area contributed by atoms with Gasteiger partial charge >= 0.3 is 0 Å². The van der Waals surface area contributed by atoms with Crippen molar-refractivity contribution in [3.05, 3.63) is 66.5 Å². The Morgan fingerprint density at radius 1 is 0.821 bits per heavy atom. The molecule has 144 valence electrons. The topological polar surface area (TPSA) is 24.0 Å². The van der Waals surface area contributed by atoms with Gasteiger partial charge in [0.05, 0.1) is 5.52 Å². The Labute approximate surface area is 167 Å². The van der Waals surface area contributed by atoms with Crippen LogP contribution < -0.4 is 4.90 Å². The van der Waals surface area contributed by atoms with E-state index in [2.05, 4.69) is 75.4 Å². The van der Waals surface area contributed by atoms with E-state index in [1.165, 1.54) is 78.3 Å². The number of anilines is 1. The van der Waals surface area contributed by atoms with Crippen LogP contribution in [-0.2, 0) is 13.0 Å². The molecule has 28 heavy (non-hydrogen) atoms. The zero-order valence-corrected chi connectivity index (χ0v) is 16.5. The molecule has 1 aliphatic heterocycles. The zero-order valence-electron chi connectivity index (χ0n) is 16.5. The van der Waals surface area contributed by atoms with Crippen LogP contribution in [0.15, 0.2) is 60.9 Å². The Kier molecular flexibility index (Phi) is 4.82. The first-order valence-corrected chi connectivity index (χ1v) is 10.8. The van der Waals surface area contributed by atoms with Gasteiger partial charge < -0.3 is 14.5 Å². The molecule has 1 saturated heterocycles. The molecule has 4 aromatic rings. The maximum Gasteiger partial charge on any atom is 0.0501 e. The molecule has 1 fully saturated rings. The van der Waals surface area contributed by atoms with Crippen LogP contribution in [0, 0.1) is 0 Å². The highest BCUT2D eigenvalue weighted by Crippen LogP contribution is 2.30. The van der Waals surface area contributed by atoms with E-state index in [1.54, 1.807) is 0 Å². The number of piperidine rings is 1. The van der Waals surface area contributed by atoms with Gasteiger partial charge in [-0.2, -0.15) is 0 Å². The number of aromatic amines is 1. The SMILES string of the molecule is c1ccc2c(CCCCn3ccc4c(N5CCCCC5)cccc43)c[nH]c2c1. The summed E-state index contributed by atoms with van der Waals surface area (Å²) in [4.78, 5) is 5.97. The van der Waals surface area contributed by atoms with Gasteiger partial charge in [0.1, 0.15) is 0 Å². The van der Waals surface area contributed by atoms with Crippen molar-refractivity contribution in [1.29, 1.82) is 0 Å². The van der Waals surface area contributed by atoms with Gasteiger partial charge in [-0.05, 0) is 68.4 Å². The predicted molar refractivity (Wildman–Crippen MR) is 119 cm³/mol. The number of fused-ring (bicyclic) bond motifs is 2. The number of benzene rings is 2. The van der Waals surface area contributed by atoms with E-state index in [0.29, 0.717) is 0 Å². The van der Waals surface area contributed by atoms with Crippen molar-refractivity contribution in [3.63, 3.8) is 0 Å². The largest absolute Gasteiger partial charge is 0.371 e. The molecular formula is C25H29N3. The fourth-order valence-electron chi connectivity index (χ4n) is 4.75. The van der Waals surface area contributed by atoms with Crippen LogP contribution in [0.3, 0.4) is 0 Å². The number of hydrogen-bond donors (Lipinski definition) is 1. The smallest absolute Gasteiger partial charge is 0.0501 e. The van der Waals surface area contributed by atoms with Crippen molar-refractivity contribution in [3.8, 4) is 0 Å². The molecule has 0 radical (unpaired) electrons. The number of para-hydroxylation sites is 1. The lowest BCUT2D eigenvalue weighted by Crippen LogP contribution is -2.29. The average Bonchev–Trinajstić information content (AvgIpc) is 3.36. The lowest BCUT2D eigenvalue weighted by Gasteiger charge is -2.29. The van der Waals surface area contributed by atoms with Gasteiger partial charge in [0.25, 0.3) is 0 Å². The molecule has 3 nitrogen and oxygen atoms in total. The molecule has 5 rings (SSSR count). The molecule has 0 amide bonds. The summed E-state index contributed by atoms with van der Waals surface area (Å²) in [6.07, 6.45) is 12.1. The monoisotopic (exact) mass is 371 g/mol. The molecule has 0 saturated carbocycles. The molecule has 0 atom stereocenters. The zero-order chi connectivity index (χ0) is 18.8. The van der Waals surface area contributed by atoms with Crippen molar-refractivity contribution in [2.24, 2.45) is 0 Å². The Morgan fingerprint density at radius 2 is 1.71 bits per heavy atom. The van der Waals surface area contributed by atoms with E-state index in [0.717, 1.165) is 13.0 Å². The minimum Gasteiger partial charge on any atom is -0.371 e. The van der Waals surface area contributed by atoms with Crippen molar-refractivity contribution >= 4 is 27.5 Å². The Hall–Kier alpha value is -2.68. The van der Waals surface area contributed by atoms with Gasteiger partial charge in [-0.3, -0.25) is 0 Å². The first kappa shape index (κ1) is 17.4. The minimum absolute atomic E-state index is 1.09. The number of aromatic nitrogens is 2. The molecule has 0 aliphatic carbocycles. The number of nitrogens with zero attached hydrogens (tertiary/aromatic N) is 2. The molecule has 1 N–H and O–H groups in total. The Balaban J connectivity index is 1.25. The summed E-state index contributed by atoms with van der Waals surface area (Å²) in [6.45, 7) is 3.50. The van der Waals surface area contributed by atoms with Gasteiger partial charge in [0, 0.05) is 54.0 Å². The minimum atomic E-state index is 1.09. The lowest BCUT2D eigenvalue weighted by molar-refractivity contribution is 0.579. The molecule has 2 aromatic heterocycles. The van der Waals surface area contributed by atoms with Gasteiger partial charge in [-0.1, -0.05) is 24.3 Å². The van der Waals surface area contributed by atoms with Crippen LogP contribution in [0.5, 0.6) is 0 Å². The number of unbranched alkanes of at least 4 members (excludes halogenated alkanes) is 1. The second-order valence-electron chi connectivity index (χ2n) is 8.08. The number of aryl methyl sites for hydroxylation is 2. The third kappa shape index (κ3) is 3.30. The summed E-state index contributed by atoms with van der Waals surface area (Å²) in [5.41, 5.74) is 5.50. The summed E-state index contributed by atoms with van der Waals surface area (Å²) in [6, 6.07) is 17.7. The van der Waals surface area contributed by atoms with Crippen molar-refractivity contribution in [1.82, 2.24) is 9.55 Å². The van der Waals surface area contributed by atoms with E-state index >= 15 is 0 Å². The van der Waals surface area contributed by atoms with E-state index in [4.69, 9.17) is 0 Å². The van der Waals surface area contributed by atoms with E-state index in [9.17, 15) is 0 Å². The predicted octanol–water partition coefficient (Wildman–Crippen LogP) is 6.14. The van der Waals surface area contributed by atoms with Crippen LogP contribution in [-0.4, -0.2) is 22.6 Å². The molecular weight excluding hydrogens is 342 g/mol. The molecule has 3 heteroatoms. The third-order valence-electron chi connectivity index (χ3n) is 6.26. The van der Waals surface area contributed by atoms with E-state index in [-0.39, 0.29) is 0 Å². The number of rotatable bonds is 6. The second kappa shape index (κ2) is 7.75. The van der Waals surface area contributed by atoms with Crippen molar-refractivity contribution < 1.29 is 0 Å². The summed E-state index contributed by atoms with van der Waals surface area (Å²) in [7, 11) is 0. The van der Waals surface area contributed by atoms with E-state index < -0.39 is 0 Å². The first-order valence-electron chi connectivity index (χ1n) is 10.8. The Bertz CT molecular complexity index is 1070. The van der Waals surface area contributed by atoms with E-state index in [1.807, 2.05) is 0 Å². The van der Waals surface area contributed by atoms with Crippen molar-refractivity contribution in [2.75, 3.05) is 18.0 Å². The molecule has 0 unspecified atom stereocenters. The van der Waals surface area contributed by atoms with Crippen LogP contribution in [0.4, 0.5) is 5.69 Å². The molecule has 0 bridgehead atoms. The quantitative estimate of drug-likeness (QED) is 0.405. The van der Waals surface area contributed by atoms with Crippen molar-refractivity contribution in [2.45, 2.75) is 45.1 Å². The van der Waals surface area contributed by atoms with Gasteiger partial charge in [-0.15, -0.1) is 0 Å². The summed E-state index contributed by atoms with van der Waals surface area (Å²) in [5.74, 6) is 0. The summed E-state index contributed by atoms with van der Waals surface area (Å²) in [5, 5.41) is 2.79. The first-order chi connectivity index (χ1) is 13.9. The summed E-state index contributed by atoms with van der Waals surface area (Å²) >= 11 is 0.